The molecule has 0 aliphatic heterocycles. The van der Waals surface area contributed by atoms with Gasteiger partial charge in [0.05, 0.1) is 6.54 Å². The molecule has 0 heterocycles. The molecule has 0 unspecified atom stereocenters. The van der Waals surface area contributed by atoms with Crippen LogP contribution in [0.4, 0.5) is 13.2 Å². The highest BCUT2D eigenvalue weighted by Gasteiger charge is 2.30. The normalized spacial score (nSPS) is 12.2. The molecule has 1 N–H and O–H groups in total. The lowest BCUT2D eigenvalue weighted by Crippen LogP contribution is -2.38. The summed E-state index contributed by atoms with van der Waals surface area (Å²) in [5.41, 5.74) is 4.25. The Kier molecular flexibility index (Phi) is 6.02. The highest BCUT2D eigenvalue weighted by molar-refractivity contribution is 5.37. The third kappa shape index (κ3) is 5.51. The van der Waals surface area contributed by atoms with Gasteiger partial charge in [0.2, 0.25) is 0 Å². The number of hydrogen-bond acceptors (Lipinski definition) is 2. The Morgan fingerprint density at radius 2 is 1.65 bits per heavy atom. The van der Waals surface area contributed by atoms with Gasteiger partial charge in [-0.25, -0.2) is 0 Å². The second kappa shape index (κ2) is 7.09. The molecule has 2 nitrogen and oxygen atoms in total. The van der Waals surface area contributed by atoms with E-state index >= 15 is 0 Å². The molecule has 0 spiro atoms. The summed E-state index contributed by atoms with van der Waals surface area (Å²) in [6.07, 6.45) is -4.17. The van der Waals surface area contributed by atoms with Crippen molar-refractivity contribution in [2.24, 2.45) is 0 Å². The molecule has 0 aromatic heterocycles. The van der Waals surface area contributed by atoms with Crippen LogP contribution in [-0.2, 0) is 6.54 Å². The van der Waals surface area contributed by atoms with Crippen LogP contribution in [0.2, 0.25) is 0 Å². The molecule has 20 heavy (non-hydrogen) atoms. The van der Waals surface area contributed by atoms with Crippen LogP contribution in [0.1, 0.15) is 22.3 Å². The third-order valence-electron chi connectivity index (χ3n) is 3.30. The lowest BCUT2D eigenvalue weighted by atomic mass is 9.99. The van der Waals surface area contributed by atoms with Gasteiger partial charge < -0.3 is 5.32 Å². The molecule has 5 heteroatoms. The molecule has 0 aliphatic rings. The first-order valence-corrected chi connectivity index (χ1v) is 6.73. The highest BCUT2D eigenvalue weighted by Crippen LogP contribution is 2.21. The smallest absolute Gasteiger partial charge is 0.318 e. The standard InChI is InChI=1S/C15H23F3N2/c1-11-7-12(2)14(13(3)8-11)9-20(6-5-19-4)10-15(16,17)18/h7-8,19H,5-6,9-10H2,1-4H3. The number of aryl methyl sites for hydroxylation is 3. The van der Waals surface area contributed by atoms with E-state index in [2.05, 4.69) is 5.32 Å². The van der Waals surface area contributed by atoms with Crippen molar-refractivity contribution in [3.63, 3.8) is 0 Å². The first-order valence-electron chi connectivity index (χ1n) is 6.73. The Morgan fingerprint density at radius 1 is 1.10 bits per heavy atom. The number of alkyl halides is 3. The van der Waals surface area contributed by atoms with Crippen molar-refractivity contribution in [3.8, 4) is 0 Å². The average molecular weight is 288 g/mol. The zero-order valence-electron chi connectivity index (χ0n) is 12.6. The highest BCUT2D eigenvalue weighted by atomic mass is 19.4. The number of nitrogens with zero attached hydrogens (tertiary/aromatic N) is 1. The number of likely N-dealkylation sites (N-methyl/N-ethyl adjacent to an activating group) is 1. The summed E-state index contributed by atoms with van der Waals surface area (Å²) >= 11 is 0. The first kappa shape index (κ1) is 17.0. The van der Waals surface area contributed by atoms with E-state index in [1.807, 2.05) is 32.9 Å². The van der Waals surface area contributed by atoms with E-state index in [1.165, 1.54) is 4.90 Å². The van der Waals surface area contributed by atoms with Gasteiger partial charge >= 0.3 is 6.18 Å². The van der Waals surface area contributed by atoms with Gasteiger partial charge in [-0.15, -0.1) is 0 Å². The summed E-state index contributed by atoms with van der Waals surface area (Å²) in [6.45, 7) is 6.29. The molecule has 0 saturated heterocycles. The van der Waals surface area contributed by atoms with Gasteiger partial charge in [0.15, 0.2) is 0 Å². The van der Waals surface area contributed by atoms with Gasteiger partial charge in [0.25, 0.3) is 0 Å². The minimum Gasteiger partial charge on any atom is -0.318 e. The van der Waals surface area contributed by atoms with E-state index in [1.54, 1.807) is 7.05 Å². The Bertz CT molecular complexity index is 418. The SMILES string of the molecule is CNCCN(Cc1c(C)cc(C)cc1C)CC(F)(F)F. The first-order chi connectivity index (χ1) is 9.23. The van der Waals surface area contributed by atoms with Crippen molar-refractivity contribution in [2.45, 2.75) is 33.5 Å². The maximum atomic E-state index is 12.6. The van der Waals surface area contributed by atoms with Gasteiger partial charge in [-0.2, -0.15) is 13.2 Å². The predicted molar refractivity (Wildman–Crippen MR) is 75.9 cm³/mol. The summed E-state index contributed by atoms with van der Waals surface area (Å²) in [5.74, 6) is 0. The quantitative estimate of drug-likeness (QED) is 0.865. The monoisotopic (exact) mass is 288 g/mol. The molecule has 0 atom stereocenters. The molecular weight excluding hydrogens is 265 g/mol. The van der Waals surface area contributed by atoms with E-state index in [4.69, 9.17) is 0 Å². The number of rotatable bonds is 6. The number of halogens is 3. The van der Waals surface area contributed by atoms with Crippen molar-refractivity contribution in [3.05, 3.63) is 34.4 Å². The van der Waals surface area contributed by atoms with E-state index < -0.39 is 12.7 Å². The van der Waals surface area contributed by atoms with Crippen molar-refractivity contribution in [2.75, 3.05) is 26.7 Å². The van der Waals surface area contributed by atoms with Crippen LogP contribution in [0.5, 0.6) is 0 Å². The van der Waals surface area contributed by atoms with Crippen molar-refractivity contribution < 1.29 is 13.2 Å². The van der Waals surface area contributed by atoms with E-state index in [0.29, 0.717) is 19.6 Å². The third-order valence-corrected chi connectivity index (χ3v) is 3.30. The molecule has 0 amide bonds. The Hall–Kier alpha value is -1.07. The van der Waals surface area contributed by atoms with Crippen LogP contribution in [0, 0.1) is 20.8 Å². The number of nitrogens with one attached hydrogen (secondary N) is 1. The van der Waals surface area contributed by atoms with E-state index in [9.17, 15) is 13.2 Å². The Morgan fingerprint density at radius 3 is 2.10 bits per heavy atom. The molecule has 1 aromatic rings. The lowest BCUT2D eigenvalue weighted by Gasteiger charge is -2.25. The van der Waals surface area contributed by atoms with Gasteiger partial charge in [-0.3, -0.25) is 4.90 Å². The van der Waals surface area contributed by atoms with Gasteiger partial charge in [-0.1, -0.05) is 17.7 Å². The predicted octanol–water partition coefficient (Wildman–Crippen LogP) is 3.20. The molecule has 114 valence electrons. The molecule has 1 aromatic carbocycles. The zero-order chi connectivity index (χ0) is 15.3. The van der Waals surface area contributed by atoms with Crippen LogP contribution in [0.3, 0.4) is 0 Å². The molecule has 1 rings (SSSR count). The largest absolute Gasteiger partial charge is 0.401 e. The molecular formula is C15H23F3N2. The second-order valence-electron chi connectivity index (χ2n) is 5.31. The second-order valence-corrected chi connectivity index (χ2v) is 5.31. The molecule has 0 saturated carbocycles. The summed E-state index contributed by atoms with van der Waals surface area (Å²) in [4.78, 5) is 1.45. The topological polar surface area (TPSA) is 15.3 Å². The minimum atomic E-state index is -4.17. The molecule has 0 fully saturated rings. The average Bonchev–Trinajstić information content (AvgIpc) is 2.28. The van der Waals surface area contributed by atoms with Crippen molar-refractivity contribution in [1.82, 2.24) is 10.2 Å². The minimum absolute atomic E-state index is 0.332. The van der Waals surface area contributed by atoms with Crippen molar-refractivity contribution in [1.29, 1.82) is 0 Å². The van der Waals surface area contributed by atoms with E-state index in [-0.39, 0.29) is 0 Å². The summed E-state index contributed by atoms with van der Waals surface area (Å²) < 4.78 is 37.9. The Balaban J connectivity index is 2.89. The maximum absolute atomic E-state index is 12.6. The summed E-state index contributed by atoms with van der Waals surface area (Å²) in [6, 6.07) is 4.04. The van der Waals surface area contributed by atoms with Crippen LogP contribution < -0.4 is 5.32 Å². The Labute approximate surface area is 119 Å². The summed E-state index contributed by atoms with van der Waals surface area (Å²) in [7, 11) is 1.74. The lowest BCUT2D eigenvalue weighted by molar-refractivity contribution is -0.147. The number of benzene rings is 1. The fourth-order valence-electron chi connectivity index (χ4n) is 2.42. The fraction of sp³-hybridized carbons (Fsp3) is 0.600. The number of hydrogen-bond donors (Lipinski definition) is 1. The van der Waals surface area contributed by atoms with Gasteiger partial charge in [-0.05, 0) is 44.5 Å². The van der Waals surface area contributed by atoms with Gasteiger partial charge in [0, 0.05) is 19.6 Å². The van der Waals surface area contributed by atoms with Crippen LogP contribution in [0.15, 0.2) is 12.1 Å². The molecule has 0 bridgehead atoms. The van der Waals surface area contributed by atoms with Crippen LogP contribution in [-0.4, -0.2) is 37.8 Å². The van der Waals surface area contributed by atoms with Crippen molar-refractivity contribution >= 4 is 0 Å². The zero-order valence-corrected chi connectivity index (χ0v) is 12.6. The fourth-order valence-corrected chi connectivity index (χ4v) is 2.42. The maximum Gasteiger partial charge on any atom is 0.401 e. The van der Waals surface area contributed by atoms with Crippen LogP contribution >= 0.6 is 0 Å². The molecule has 0 radical (unpaired) electrons. The molecule has 0 aliphatic carbocycles. The summed E-state index contributed by atoms with van der Waals surface area (Å²) in [5, 5.41) is 2.90. The van der Waals surface area contributed by atoms with Crippen LogP contribution in [0.25, 0.3) is 0 Å². The van der Waals surface area contributed by atoms with Gasteiger partial charge in [0.1, 0.15) is 0 Å². The van der Waals surface area contributed by atoms with E-state index in [0.717, 1.165) is 22.3 Å².